The van der Waals surface area contributed by atoms with E-state index in [0.717, 1.165) is 19.3 Å². The third-order valence-electron chi connectivity index (χ3n) is 4.42. The van der Waals surface area contributed by atoms with Crippen LogP contribution in [-0.4, -0.2) is 15.8 Å². The predicted octanol–water partition coefficient (Wildman–Crippen LogP) is 3.30. The van der Waals surface area contributed by atoms with Crippen LogP contribution in [0.25, 0.3) is 0 Å². The molecule has 1 aliphatic rings. The minimum atomic E-state index is 0.386. The molecule has 2 rings (SSSR count). The van der Waals surface area contributed by atoms with Gasteiger partial charge in [0.1, 0.15) is 0 Å². The van der Waals surface area contributed by atoms with Gasteiger partial charge in [-0.3, -0.25) is 4.68 Å². The maximum absolute atomic E-state index is 6.21. The first-order valence-electron chi connectivity index (χ1n) is 7.54. The molecule has 2 N–H and O–H groups in total. The van der Waals surface area contributed by atoms with Gasteiger partial charge in [0.15, 0.2) is 0 Å². The Kier molecular flexibility index (Phi) is 4.81. The molecule has 0 bridgehead atoms. The van der Waals surface area contributed by atoms with Gasteiger partial charge in [-0.1, -0.05) is 26.7 Å². The van der Waals surface area contributed by atoms with Crippen molar-refractivity contribution in [3.05, 3.63) is 18.0 Å². The van der Waals surface area contributed by atoms with Crippen LogP contribution in [0.3, 0.4) is 0 Å². The maximum Gasteiger partial charge on any atom is 0.0628 e. The zero-order chi connectivity index (χ0) is 13.0. The Morgan fingerprint density at radius 3 is 2.72 bits per heavy atom. The van der Waals surface area contributed by atoms with E-state index in [1.807, 2.05) is 0 Å². The molecule has 0 amide bonds. The fraction of sp³-hybridized carbons (Fsp3) is 0.800. The number of aromatic nitrogens is 2. The highest BCUT2D eigenvalue weighted by atomic mass is 15.3. The summed E-state index contributed by atoms with van der Waals surface area (Å²) in [7, 11) is 0. The number of rotatable bonds is 5. The van der Waals surface area contributed by atoms with Gasteiger partial charge in [-0.05, 0) is 44.1 Å². The molecule has 3 nitrogen and oxygen atoms in total. The molecule has 1 heterocycles. The first-order chi connectivity index (χ1) is 8.74. The highest BCUT2D eigenvalue weighted by Crippen LogP contribution is 2.26. The van der Waals surface area contributed by atoms with Crippen LogP contribution in [0, 0.1) is 5.92 Å². The normalized spacial score (nSPS) is 24.7. The topological polar surface area (TPSA) is 43.8 Å². The van der Waals surface area contributed by atoms with E-state index in [1.165, 1.54) is 31.4 Å². The first-order valence-corrected chi connectivity index (χ1v) is 7.54. The third kappa shape index (κ3) is 3.14. The van der Waals surface area contributed by atoms with Gasteiger partial charge in [0.2, 0.25) is 0 Å². The second-order valence-corrected chi connectivity index (χ2v) is 5.67. The lowest BCUT2D eigenvalue weighted by Gasteiger charge is -2.27. The van der Waals surface area contributed by atoms with E-state index >= 15 is 0 Å². The fourth-order valence-corrected chi connectivity index (χ4v) is 3.11. The fourth-order valence-electron chi connectivity index (χ4n) is 3.11. The Hall–Kier alpha value is -0.830. The van der Waals surface area contributed by atoms with E-state index in [2.05, 4.69) is 30.8 Å². The highest BCUT2D eigenvalue weighted by molar-refractivity contribution is 5.02. The van der Waals surface area contributed by atoms with Crippen molar-refractivity contribution in [2.24, 2.45) is 11.7 Å². The molecule has 3 heteroatoms. The highest BCUT2D eigenvalue weighted by Gasteiger charge is 2.22. The second kappa shape index (κ2) is 6.37. The van der Waals surface area contributed by atoms with Crippen molar-refractivity contribution in [1.82, 2.24) is 9.78 Å². The largest absolute Gasteiger partial charge is 0.327 e. The van der Waals surface area contributed by atoms with Crippen molar-refractivity contribution < 1.29 is 0 Å². The lowest BCUT2D eigenvalue weighted by Crippen LogP contribution is -2.34. The molecule has 2 atom stereocenters. The van der Waals surface area contributed by atoms with Crippen molar-refractivity contribution in [3.63, 3.8) is 0 Å². The van der Waals surface area contributed by atoms with Gasteiger partial charge in [-0.25, -0.2) is 0 Å². The molecule has 1 saturated carbocycles. The molecular weight excluding hydrogens is 222 g/mol. The Morgan fingerprint density at radius 2 is 2.06 bits per heavy atom. The van der Waals surface area contributed by atoms with Gasteiger partial charge < -0.3 is 5.73 Å². The molecule has 1 fully saturated rings. The standard InChI is InChI=1S/C15H27N3/c1-3-14(4-2)18-10-9-13(17-18)11-12-7-5-6-8-15(12)16/h9-10,12,14-15H,3-8,11,16H2,1-2H3. The van der Waals surface area contributed by atoms with E-state index in [1.54, 1.807) is 0 Å². The average molecular weight is 249 g/mol. The number of nitrogens with two attached hydrogens (primary N) is 1. The van der Waals surface area contributed by atoms with Gasteiger partial charge in [-0.15, -0.1) is 0 Å². The lowest BCUT2D eigenvalue weighted by molar-refractivity contribution is 0.303. The molecule has 18 heavy (non-hydrogen) atoms. The Balaban J connectivity index is 1.97. The number of hydrogen-bond donors (Lipinski definition) is 1. The molecule has 102 valence electrons. The Labute approximate surface area is 111 Å². The summed E-state index contributed by atoms with van der Waals surface area (Å²) < 4.78 is 2.14. The molecule has 0 radical (unpaired) electrons. The second-order valence-electron chi connectivity index (χ2n) is 5.67. The van der Waals surface area contributed by atoms with E-state index in [9.17, 15) is 0 Å². The van der Waals surface area contributed by atoms with Gasteiger partial charge >= 0.3 is 0 Å². The smallest absolute Gasteiger partial charge is 0.0628 e. The van der Waals surface area contributed by atoms with Crippen LogP contribution < -0.4 is 5.73 Å². The Bertz CT molecular complexity index is 354. The van der Waals surface area contributed by atoms with Crippen LogP contribution >= 0.6 is 0 Å². The monoisotopic (exact) mass is 249 g/mol. The first kappa shape index (κ1) is 13.6. The molecule has 0 aliphatic heterocycles. The SMILES string of the molecule is CCC(CC)n1ccc(CC2CCCCC2N)n1. The van der Waals surface area contributed by atoms with Gasteiger partial charge in [0.05, 0.1) is 11.7 Å². The maximum atomic E-state index is 6.21. The summed E-state index contributed by atoms with van der Waals surface area (Å²) in [4.78, 5) is 0. The zero-order valence-electron chi connectivity index (χ0n) is 11.8. The van der Waals surface area contributed by atoms with Crippen LogP contribution in [0.4, 0.5) is 0 Å². The van der Waals surface area contributed by atoms with Crippen molar-refractivity contribution in [2.75, 3.05) is 0 Å². The average Bonchev–Trinajstić information content (AvgIpc) is 2.82. The molecule has 1 aromatic rings. The minimum Gasteiger partial charge on any atom is -0.327 e. The van der Waals surface area contributed by atoms with Crippen molar-refractivity contribution >= 4 is 0 Å². The predicted molar refractivity (Wildman–Crippen MR) is 75.5 cm³/mol. The Morgan fingerprint density at radius 1 is 1.33 bits per heavy atom. The van der Waals surface area contributed by atoms with Crippen molar-refractivity contribution in [1.29, 1.82) is 0 Å². The summed E-state index contributed by atoms with van der Waals surface area (Å²) in [6.45, 7) is 4.46. The molecule has 0 spiro atoms. The van der Waals surface area contributed by atoms with Gasteiger partial charge in [0.25, 0.3) is 0 Å². The molecule has 0 saturated heterocycles. The van der Waals surface area contributed by atoms with Crippen LogP contribution in [0.1, 0.15) is 64.1 Å². The molecule has 2 unspecified atom stereocenters. The van der Waals surface area contributed by atoms with Gasteiger partial charge in [-0.2, -0.15) is 5.10 Å². The summed E-state index contributed by atoms with van der Waals surface area (Å²) in [6.07, 6.45) is 10.6. The number of hydrogen-bond acceptors (Lipinski definition) is 2. The third-order valence-corrected chi connectivity index (χ3v) is 4.42. The van der Waals surface area contributed by atoms with E-state index in [0.29, 0.717) is 18.0 Å². The van der Waals surface area contributed by atoms with Crippen LogP contribution in [0.2, 0.25) is 0 Å². The van der Waals surface area contributed by atoms with Crippen molar-refractivity contribution in [2.45, 2.75) is 70.9 Å². The molecule has 0 aromatic carbocycles. The zero-order valence-corrected chi connectivity index (χ0v) is 11.8. The van der Waals surface area contributed by atoms with Gasteiger partial charge in [0, 0.05) is 12.2 Å². The number of nitrogens with zero attached hydrogens (tertiary/aromatic N) is 2. The quantitative estimate of drug-likeness (QED) is 0.870. The summed E-state index contributed by atoms with van der Waals surface area (Å²) in [5, 5.41) is 4.74. The molecular formula is C15H27N3. The lowest BCUT2D eigenvalue weighted by atomic mass is 9.82. The molecule has 1 aliphatic carbocycles. The van der Waals surface area contributed by atoms with E-state index < -0.39 is 0 Å². The minimum absolute atomic E-state index is 0.386. The van der Waals surface area contributed by atoms with E-state index in [-0.39, 0.29) is 0 Å². The van der Waals surface area contributed by atoms with Crippen molar-refractivity contribution in [3.8, 4) is 0 Å². The summed E-state index contributed by atoms with van der Waals surface area (Å²) in [5.41, 5.74) is 7.44. The molecule has 1 aromatic heterocycles. The van der Waals surface area contributed by atoms with E-state index in [4.69, 9.17) is 10.8 Å². The van der Waals surface area contributed by atoms with Crippen LogP contribution in [0.15, 0.2) is 12.3 Å². The van der Waals surface area contributed by atoms with Crippen LogP contribution in [0.5, 0.6) is 0 Å². The van der Waals surface area contributed by atoms with Crippen LogP contribution in [-0.2, 0) is 6.42 Å². The summed E-state index contributed by atoms with van der Waals surface area (Å²) in [5.74, 6) is 0.642. The summed E-state index contributed by atoms with van der Waals surface area (Å²) in [6, 6.07) is 3.12. The summed E-state index contributed by atoms with van der Waals surface area (Å²) >= 11 is 0.